The van der Waals surface area contributed by atoms with Gasteiger partial charge in [0.2, 0.25) is 0 Å². The molecule has 1 N–H and O–H groups in total. The average molecular weight is 227 g/mol. The van der Waals surface area contributed by atoms with Gasteiger partial charge in [-0.2, -0.15) is 0 Å². The summed E-state index contributed by atoms with van der Waals surface area (Å²) in [6, 6.07) is 0.768. The van der Waals surface area contributed by atoms with Crippen LogP contribution < -0.4 is 5.32 Å². The minimum Gasteiger partial charge on any atom is -0.385 e. The van der Waals surface area contributed by atoms with Gasteiger partial charge >= 0.3 is 0 Å². The first-order valence-corrected chi connectivity index (χ1v) is 7.04. The van der Waals surface area contributed by atoms with Gasteiger partial charge in [-0.1, -0.05) is 20.3 Å². The molecule has 2 nitrogen and oxygen atoms in total. The topological polar surface area (TPSA) is 21.3 Å². The molecule has 1 saturated carbocycles. The van der Waals surface area contributed by atoms with E-state index in [9.17, 15) is 0 Å². The Bertz CT molecular complexity index is 172. The van der Waals surface area contributed by atoms with E-state index >= 15 is 0 Å². The van der Waals surface area contributed by atoms with Crippen molar-refractivity contribution in [1.29, 1.82) is 0 Å². The zero-order chi connectivity index (χ0) is 11.8. The quantitative estimate of drug-likeness (QED) is 0.674. The van der Waals surface area contributed by atoms with Crippen LogP contribution in [0.2, 0.25) is 0 Å². The van der Waals surface area contributed by atoms with E-state index < -0.39 is 0 Å². The van der Waals surface area contributed by atoms with E-state index in [0.29, 0.717) is 0 Å². The fourth-order valence-corrected chi connectivity index (χ4v) is 3.07. The molecule has 1 aliphatic carbocycles. The molecule has 2 heteroatoms. The lowest BCUT2D eigenvalue weighted by Crippen LogP contribution is -2.40. The van der Waals surface area contributed by atoms with Crippen molar-refractivity contribution >= 4 is 0 Å². The summed E-state index contributed by atoms with van der Waals surface area (Å²) >= 11 is 0. The summed E-state index contributed by atoms with van der Waals surface area (Å²) in [7, 11) is 1.80. The highest BCUT2D eigenvalue weighted by molar-refractivity contribution is 4.84. The number of hydrogen-bond donors (Lipinski definition) is 1. The van der Waals surface area contributed by atoms with Crippen LogP contribution in [0.15, 0.2) is 0 Å². The molecular weight excluding hydrogens is 198 g/mol. The molecule has 96 valence electrons. The Morgan fingerprint density at radius 3 is 2.69 bits per heavy atom. The Kier molecular flexibility index (Phi) is 7.06. The molecule has 0 spiro atoms. The van der Waals surface area contributed by atoms with Crippen LogP contribution in [-0.2, 0) is 4.74 Å². The van der Waals surface area contributed by atoms with Gasteiger partial charge in [-0.15, -0.1) is 0 Å². The predicted molar refractivity (Wildman–Crippen MR) is 69.7 cm³/mol. The first-order chi connectivity index (χ1) is 7.81. The Balaban J connectivity index is 2.37. The molecular formula is C14H29NO. The monoisotopic (exact) mass is 227 g/mol. The second kappa shape index (κ2) is 8.08. The van der Waals surface area contributed by atoms with Crippen molar-refractivity contribution < 1.29 is 4.74 Å². The van der Waals surface area contributed by atoms with Crippen LogP contribution in [0.5, 0.6) is 0 Å². The van der Waals surface area contributed by atoms with Crippen LogP contribution >= 0.6 is 0 Å². The van der Waals surface area contributed by atoms with Gasteiger partial charge in [-0.3, -0.25) is 0 Å². The smallest absolute Gasteiger partial charge is 0.0462 e. The maximum absolute atomic E-state index is 5.16. The zero-order valence-corrected chi connectivity index (χ0v) is 11.3. The molecule has 3 unspecified atom stereocenters. The summed E-state index contributed by atoms with van der Waals surface area (Å²) in [6.07, 6.45) is 8.15. The van der Waals surface area contributed by atoms with Crippen LogP contribution in [-0.4, -0.2) is 26.3 Å². The lowest BCUT2D eigenvalue weighted by atomic mass is 9.75. The molecule has 3 atom stereocenters. The summed E-state index contributed by atoms with van der Waals surface area (Å²) in [6.45, 7) is 6.59. The first-order valence-electron chi connectivity index (χ1n) is 7.04. The maximum Gasteiger partial charge on any atom is 0.0462 e. The van der Waals surface area contributed by atoms with E-state index in [0.717, 1.165) is 31.0 Å². The van der Waals surface area contributed by atoms with Crippen molar-refractivity contribution in [2.45, 2.75) is 58.4 Å². The average Bonchev–Trinajstić information content (AvgIpc) is 2.31. The lowest BCUT2D eigenvalue weighted by molar-refractivity contribution is 0.154. The zero-order valence-electron chi connectivity index (χ0n) is 11.3. The van der Waals surface area contributed by atoms with Gasteiger partial charge < -0.3 is 10.1 Å². The maximum atomic E-state index is 5.16. The van der Waals surface area contributed by atoms with E-state index in [1.54, 1.807) is 7.11 Å². The molecule has 0 saturated heterocycles. The highest BCUT2D eigenvalue weighted by atomic mass is 16.5. The SMILES string of the molecule is CCNC1CCC(CC)CC1CCCOC. The van der Waals surface area contributed by atoms with Gasteiger partial charge in [0.1, 0.15) is 0 Å². The van der Waals surface area contributed by atoms with Crippen LogP contribution in [0.1, 0.15) is 52.4 Å². The van der Waals surface area contributed by atoms with Gasteiger partial charge in [0.25, 0.3) is 0 Å². The van der Waals surface area contributed by atoms with E-state index in [-0.39, 0.29) is 0 Å². The molecule has 0 radical (unpaired) electrons. The van der Waals surface area contributed by atoms with Crippen LogP contribution in [0.4, 0.5) is 0 Å². The molecule has 16 heavy (non-hydrogen) atoms. The Labute approximate surface area is 101 Å². The Morgan fingerprint density at radius 2 is 2.06 bits per heavy atom. The van der Waals surface area contributed by atoms with Gasteiger partial charge in [0.15, 0.2) is 0 Å². The number of hydrogen-bond acceptors (Lipinski definition) is 2. The number of ether oxygens (including phenoxy) is 1. The molecule has 0 aliphatic heterocycles. The van der Waals surface area contributed by atoms with Crippen molar-refractivity contribution in [2.24, 2.45) is 11.8 Å². The summed E-state index contributed by atoms with van der Waals surface area (Å²) < 4.78 is 5.16. The Hall–Kier alpha value is -0.0800. The van der Waals surface area contributed by atoms with Gasteiger partial charge in [-0.25, -0.2) is 0 Å². The fourth-order valence-electron chi connectivity index (χ4n) is 3.07. The highest BCUT2D eigenvalue weighted by Crippen LogP contribution is 2.33. The van der Waals surface area contributed by atoms with E-state index in [1.165, 1.54) is 38.5 Å². The van der Waals surface area contributed by atoms with Gasteiger partial charge in [0, 0.05) is 19.8 Å². The standard InChI is InChI=1S/C14H29NO/c1-4-12-8-9-14(15-5-2)13(11-12)7-6-10-16-3/h12-15H,4-11H2,1-3H3. The number of methoxy groups -OCH3 is 1. The highest BCUT2D eigenvalue weighted by Gasteiger charge is 2.28. The third-order valence-electron chi connectivity index (χ3n) is 4.06. The third-order valence-corrected chi connectivity index (χ3v) is 4.06. The molecule has 0 aromatic rings. The van der Waals surface area contributed by atoms with E-state index in [1.807, 2.05) is 0 Å². The molecule has 0 heterocycles. The second-order valence-electron chi connectivity index (χ2n) is 5.15. The summed E-state index contributed by atoms with van der Waals surface area (Å²) in [5, 5.41) is 3.67. The van der Waals surface area contributed by atoms with Crippen molar-refractivity contribution in [3.8, 4) is 0 Å². The summed E-state index contributed by atoms with van der Waals surface area (Å²) in [5.74, 6) is 1.86. The molecule has 1 rings (SSSR count). The third kappa shape index (κ3) is 4.42. The first kappa shape index (κ1) is 14.0. The lowest BCUT2D eigenvalue weighted by Gasteiger charge is -2.36. The number of rotatable bonds is 7. The van der Waals surface area contributed by atoms with Gasteiger partial charge in [0.05, 0.1) is 0 Å². The molecule has 0 aromatic carbocycles. The fraction of sp³-hybridized carbons (Fsp3) is 1.00. The van der Waals surface area contributed by atoms with Crippen molar-refractivity contribution in [3.63, 3.8) is 0 Å². The molecule has 0 bridgehead atoms. The molecule has 0 aromatic heterocycles. The molecule has 1 aliphatic rings. The Morgan fingerprint density at radius 1 is 1.25 bits per heavy atom. The summed E-state index contributed by atoms with van der Waals surface area (Å²) in [4.78, 5) is 0. The van der Waals surface area contributed by atoms with Crippen molar-refractivity contribution in [3.05, 3.63) is 0 Å². The normalized spacial score (nSPS) is 30.6. The van der Waals surface area contributed by atoms with Crippen LogP contribution in [0.25, 0.3) is 0 Å². The number of nitrogens with one attached hydrogen (secondary N) is 1. The minimum absolute atomic E-state index is 0.768. The van der Waals surface area contributed by atoms with Crippen molar-refractivity contribution in [1.82, 2.24) is 5.32 Å². The van der Waals surface area contributed by atoms with Crippen LogP contribution in [0, 0.1) is 11.8 Å². The molecule has 1 fully saturated rings. The van der Waals surface area contributed by atoms with Crippen molar-refractivity contribution in [2.75, 3.05) is 20.3 Å². The largest absolute Gasteiger partial charge is 0.385 e. The van der Waals surface area contributed by atoms with Crippen LogP contribution in [0.3, 0.4) is 0 Å². The predicted octanol–water partition coefficient (Wildman–Crippen LogP) is 3.22. The van der Waals surface area contributed by atoms with E-state index in [2.05, 4.69) is 19.2 Å². The second-order valence-corrected chi connectivity index (χ2v) is 5.15. The molecule has 0 amide bonds. The minimum atomic E-state index is 0.768. The van der Waals surface area contributed by atoms with E-state index in [4.69, 9.17) is 4.74 Å². The van der Waals surface area contributed by atoms with Gasteiger partial charge in [-0.05, 0) is 50.5 Å². The summed E-state index contributed by atoms with van der Waals surface area (Å²) in [5.41, 5.74) is 0.